The van der Waals surface area contributed by atoms with Gasteiger partial charge in [-0.2, -0.15) is 5.26 Å². The van der Waals surface area contributed by atoms with Crippen LogP contribution in [-0.4, -0.2) is 38.3 Å². The highest BCUT2D eigenvalue weighted by atomic mass is 19.1. The van der Waals surface area contributed by atoms with Gasteiger partial charge in [-0.3, -0.25) is 14.7 Å². The smallest absolute Gasteiger partial charge is 0.159 e. The van der Waals surface area contributed by atoms with Crippen LogP contribution in [0.25, 0.3) is 11.0 Å². The molecule has 0 aliphatic carbocycles. The van der Waals surface area contributed by atoms with E-state index in [0.717, 1.165) is 42.1 Å². The van der Waals surface area contributed by atoms with Crippen LogP contribution in [0.4, 0.5) is 8.78 Å². The van der Waals surface area contributed by atoms with Crippen LogP contribution >= 0.6 is 0 Å². The van der Waals surface area contributed by atoms with Crippen LogP contribution in [0, 0.1) is 23.0 Å². The van der Waals surface area contributed by atoms with Gasteiger partial charge in [0.25, 0.3) is 0 Å². The molecule has 1 fully saturated rings. The van der Waals surface area contributed by atoms with Crippen LogP contribution < -0.4 is 0 Å². The van der Waals surface area contributed by atoms with Crippen molar-refractivity contribution < 1.29 is 13.6 Å². The molecule has 0 spiro atoms. The number of nitriles is 1. The van der Waals surface area contributed by atoms with Crippen molar-refractivity contribution in [2.24, 2.45) is 7.05 Å². The summed E-state index contributed by atoms with van der Waals surface area (Å²) in [5.74, 6) is 0.276. The number of carbonyl (C=O) groups excluding carboxylic acids is 1. The lowest BCUT2D eigenvalue weighted by molar-refractivity contribution is 0.101. The van der Waals surface area contributed by atoms with Gasteiger partial charge in [0.2, 0.25) is 0 Å². The number of nitrogens with zero attached hydrogens (tertiary/aromatic N) is 5. The Morgan fingerprint density at radius 1 is 1.08 bits per heavy atom. The van der Waals surface area contributed by atoms with Crippen molar-refractivity contribution in [3.63, 3.8) is 0 Å². The van der Waals surface area contributed by atoms with Gasteiger partial charge in [-0.1, -0.05) is 6.07 Å². The Morgan fingerprint density at radius 2 is 1.92 bits per heavy atom. The molecule has 0 amide bonds. The van der Waals surface area contributed by atoms with E-state index in [1.54, 1.807) is 31.2 Å². The first-order valence-corrected chi connectivity index (χ1v) is 12.3. The second-order valence-corrected chi connectivity index (χ2v) is 9.65. The molecule has 37 heavy (non-hydrogen) atoms. The first kappa shape index (κ1) is 24.7. The Balaban J connectivity index is 1.26. The number of carbonyl (C=O) groups is 1. The van der Waals surface area contributed by atoms with Gasteiger partial charge in [-0.05, 0) is 80.8 Å². The summed E-state index contributed by atoms with van der Waals surface area (Å²) in [5, 5.41) is 8.91. The van der Waals surface area contributed by atoms with Gasteiger partial charge in [0, 0.05) is 30.8 Å². The Morgan fingerprint density at radius 3 is 2.68 bits per heavy atom. The van der Waals surface area contributed by atoms with Crippen LogP contribution in [-0.2, 0) is 26.4 Å². The highest BCUT2D eigenvalue weighted by Crippen LogP contribution is 2.28. The first-order chi connectivity index (χ1) is 17.8. The molecular weight excluding hydrogens is 472 g/mol. The predicted octanol–water partition coefficient (Wildman–Crippen LogP) is 5.10. The number of aromatic nitrogens is 3. The number of benzene rings is 2. The Hall–Kier alpha value is -3.96. The van der Waals surface area contributed by atoms with E-state index in [2.05, 4.69) is 9.88 Å². The number of halogens is 2. The monoisotopic (exact) mass is 499 g/mol. The normalized spacial score (nSPS) is 15.8. The number of fused-ring (bicyclic) bond motifs is 1. The zero-order chi connectivity index (χ0) is 26.1. The lowest BCUT2D eigenvalue weighted by atomic mass is 10.0. The standard InChI is InChI=1S/C29H27F2N5O/c1-18(37)21-6-9-27-28(14-21)35(2)29(34-27)17-36-12-11-22(16-36)25-10-7-23(30)26(33-25)8-5-20-4-3-19(15-32)13-24(20)31/h3-4,6-7,9-10,13-14,22H,5,8,11-12,16-17H2,1-2H3. The maximum atomic E-state index is 14.5. The molecule has 1 atom stereocenters. The first-order valence-electron chi connectivity index (χ1n) is 12.3. The fourth-order valence-electron chi connectivity index (χ4n) is 4.99. The van der Waals surface area contributed by atoms with Gasteiger partial charge in [0.1, 0.15) is 17.5 Å². The predicted molar refractivity (Wildman–Crippen MR) is 136 cm³/mol. The number of pyridine rings is 1. The largest absolute Gasteiger partial charge is 0.330 e. The minimum absolute atomic E-state index is 0.0280. The summed E-state index contributed by atoms with van der Waals surface area (Å²) in [7, 11) is 1.96. The molecule has 188 valence electrons. The van der Waals surface area contributed by atoms with Crippen LogP contribution in [0.15, 0.2) is 48.5 Å². The summed E-state index contributed by atoms with van der Waals surface area (Å²) < 4.78 is 30.8. The summed E-state index contributed by atoms with van der Waals surface area (Å²) in [4.78, 5) is 23.5. The number of hydrogen-bond donors (Lipinski definition) is 0. The second kappa shape index (κ2) is 10.2. The van der Waals surface area contributed by atoms with E-state index in [1.807, 2.05) is 29.8 Å². The van der Waals surface area contributed by atoms with Gasteiger partial charge >= 0.3 is 0 Å². The number of imidazole rings is 1. The Kier molecular flexibility index (Phi) is 6.81. The summed E-state index contributed by atoms with van der Waals surface area (Å²) in [5.41, 5.74) is 4.34. The summed E-state index contributed by atoms with van der Waals surface area (Å²) in [6, 6.07) is 15.0. The molecule has 1 aliphatic rings. The minimum Gasteiger partial charge on any atom is -0.330 e. The lowest BCUT2D eigenvalue weighted by Crippen LogP contribution is -2.22. The van der Waals surface area contributed by atoms with Crippen molar-refractivity contribution in [1.29, 1.82) is 5.26 Å². The number of ketones is 1. The number of hydrogen-bond acceptors (Lipinski definition) is 5. The van der Waals surface area contributed by atoms with Crippen molar-refractivity contribution in [2.45, 2.75) is 38.6 Å². The fourth-order valence-corrected chi connectivity index (χ4v) is 4.99. The maximum Gasteiger partial charge on any atom is 0.159 e. The third-order valence-electron chi connectivity index (χ3n) is 7.19. The SMILES string of the molecule is CC(=O)c1ccc2nc(CN3CCC(c4ccc(F)c(CCc5ccc(C#N)cc5F)n4)C3)n(C)c2c1. The van der Waals surface area contributed by atoms with Crippen LogP contribution in [0.5, 0.6) is 0 Å². The lowest BCUT2D eigenvalue weighted by Gasteiger charge is -2.16. The average molecular weight is 500 g/mol. The van der Waals surface area contributed by atoms with Gasteiger partial charge in [-0.25, -0.2) is 13.8 Å². The molecule has 1 aliphatic heterocycles. The van der Waals surface area contributed by atoms with E-state index >= 15 is 0 Å². The molecule has 5 rings (SSSR count). The minimum atomic E-state index is -0.457. The molecule has 0 bridgehead atoms. The number of aryl methyl sites for hydroxylation is 3. The Labute approximate surface area is 214 Å². The zero-order valence-electron chi connectivity index (χ0n) is 20.8. The zero-order valence-corrected chi connectivity index (χ0v) is 20.8. The molecule has 0 N–H and O–H groups in total. The van der Waals surface area contributed by atoms with Gasteiger partial charge in [0.15, 0.2) is 5.78 Å². The van der Waals surface area contributed by atoms with Gasteiger partial charge in [-0.15, -0.1) is 0 Å². The molecule has 3 heterocycles. The van der Waals surface area contributed by atoms with Crippen LogP contribution in [0.1, 0.15) is 58.0 Å². The molecule has 4 aromatic rings. The van der Waals surface area contributed by atoms with E-state index in [9.17, 15) is 13.6 Å². The van der Waals surface area contributed by atoms with Crippen molar-refractivity contribution in [3.05, 3.63) is 94.1 Å². The number of likely N-dealkylation sites (tertiary alicyclic amines) is 1. The van der Waals surface area contributed by atoms with Crippen LogP contribution in [0.2, 0.25) is 0 Å². The summed E-state index contributed by atoms with van der Waals surface area (Å²) >= 11 is 0. The number of rotatable bonds is 7. The van der Waals surface area contributed by atoms with E-state index in [-0.39, 0.29) is 23.7 Å². The molecular formula is C29H27F2N5O. The van der Waals surface area contributed by atoms with Crippen molar-refractivity contribution >= 4 is 16.8 Å². The topological polar surface area (TPSA) is 74.8 Å². The molecule has 0 saturated carbocycles. The highest BCUT2D eigenvalue weighted by Gasteiger charge is 2.27. The van der Waals surface area contributed by atoms with Crippen molar-refractivity contribution in [1.82, 2.24) is 19.4 Å². The Bertz CT molecular complexity index is 1540. The fraction of sp³-hybridized carbons (Fsp3) is 0.310. The average Bonchev–Trinajstić information content (AvgIpc) is 3.48. The van der Waals surface area contributed by atoms with E-state index in [4.69, 9.17) is 10.2 Å². The summed E-state index contributed by atoms with van der Waals surface area (Å²) in [6.07, 6.45) is 1.49. The molecule has 0 radical (unpaired) electrons. The van der Waals surface area contributed by atoms with E-state index < -0.39 is 11.6 Å². The second-order valence-electron chi connectivity index (χ2n) is 9.65. The quantitative estimate of drug-likeness (QED) is 0.331. The van der Waals surface area contributed by atoms with E-state index in [1.165, 1.54) is 12.1 Å². The van der Waals surface area contributed by atoms with Crippen molar-refractivity contribution in [3.8, 4) is 6.07 Å². The molecule has 2 aromatic heterocycles. The van der Waals surface area contributed by atoms with Gasteiger partial charge < -0.3 is 4.57 Å². The molecule has 8 heteroatoms. The molecule has 1 saturated heterocycles. The highest BCUT2D eigenvalue weighted by molar-refractivity contribution is 5.97. The van der Waals surface area contributed by atoms with Crippen LogP contribution in [0.3, 0.4) is 0 Å². The molecule has 6 nitrogen and oxygen atoms in total. The summed E-state index contributed by atoms with van der Waals surface area (Å²) in [6.45, 7) is 3.88. The van der Waals surface area contributed by atoms with Crippen molar-refractivity contribution in [2.75, 3.05) is 13.1 Å². The maximum absolute atomic E-state index is 14.5. The van der Waals surface area contributed by atoms with E-state index in [0.29, 0.717) is 29.8 Å². The van der Waals surface area contributed by atoms with Gasteiger partial charge in [0.05, 0.1) is 34.9 Å². The number of Topliss-reactive ketones (excluding diaryl/α,β-unsaturated/α-hetero) is 1. The molecule has 2 aromatic carbocycles. The third kappa shape index (κ3) is 5.13. The third-order valence-corrected chi connectivity index (χ3v) is 7.19. The molecule has 1 unspecified atom stereocenters.